The van der Waals surface area contributed by atoms with Crippen molar-refractivity contribution in [2.24, 2.45) is 0 Å². The molecule has 0 bridgehead atoms. The van der Waals surface area contributed by atoms with Crippen molar-refractivity contribution in [3.05, 3.63) is 44.7 Å². The molecular formula is C12H12BrN5O2. The standard InChI is InChI=1S/C12H12BrN5O2/c1-7-3-4-8(13)5-9(7)17-12-10(18(19)20)11(14-2)15-6-16-12/h3-6H,1-2H3,(H2,14,15,16,17). The predicted molar refractivity (Wildman–Crippen MR) is 80.4 cm³/mol. The minimum absolute atomic E-state index is 0.149. The number of nitrogens with zero attached hydrogens (tertiary/aromatic N) is 3. The lowest BCUT2D eigenvalue weighted by atomic mass is 10.2. The number of hydrogen-bond acceptors (Lipinski definition) is 6. The molecule has 0 saturated carbocycles. The maximum atomic E-state index is 11.2. The minimum atomic E-state index is -0.512. The van der Waals surface area contributed by atoms with Crippen LogP contribution in [0.4, 0.5) is 23.0 Å². The molecule has 0 aliphatic heterocycles. The first-order valence-corrected chi connectivity index (χ1v) is 6.52. The van der Waals surface area contributed by atoms with Gasteiger partial charge in [0, 0.05) is 17.2 Å². The molecule has 7 nitrogen and oxygen atoms in total. The van der Waals surface area contributed by atoms with E-state index in [1.165, 1.54) is 6.33 Å². The molecule has 2 rings (SSSR count). The summed E-state index contributed by atoms with van der Waals surface area (Å²) in [5.74, 6) is 0.315. The highest BCUT2D eigenvalue weighted by Gasteiger charge is 2.22. The van der Waals surface area contributed by atoms with E-state index in [1.807, 2.05) is 25.1 Å². The Morgan fingerprint density at radius 1 is 1.30 bits per heavy atom. The first kappa shape index (κ1) is 14.2. The summed E-state index contributed by atoms with van der Waals surface area (Å²) in [7, 11) is 1.57. The number of benzene rings is 1. The zero-order valence-corrected chi connectivity index (χ0v) is 12.4. The molecule has 0 unspecified atom stereocenters. The summed E-state index contributed by atoms with van der Waals surface area (Å²) < 4.78 is 0.871. The largest absolute Gasteiger partial charge is 0.367 e. The average Bonchev–Trinajstić information content (AvgIpc) is 2.42. The lowest BCUT2D eigenvalue weighted by molar-refractivity contribution is -0.383. The van der Waals surface area contributed by atoms with Gasteiger partial charge in [0.05, 0.1) is 4.92 Å². The van der Waals surface area contributed by atoms with Crippen molar-refractivity contribution in [3.8, 4) is 0 Å². The summed E-state index contributed by atoms with van der Waals surface area (Å²) in [5, 5.41) is 16.8. The third-order valence-electron chi connectivity index (χ3n) is 2.69. The summed E-state index contributed by atoms with van der Waals surface area (Å²) in [6.45, 7) is 1.90. The highest BCUT2D eigenvalue weighted by molar-refractivity contribution is 9.10. The van der Waals surface area contributed by atoms with Crippen LogP contribution in [0.1, 0.15) is 5.56 Å². The Labute approximate surface area is 123 Å². The summed E-state index contributed by atoms with van der Waals surface area (Å²) in [6.07, 6.45) is 1.27. The normalized spacial score (nSPS) is 10.2. The Hall–Kier alpha value is -2.22. The Bertz CT molecular complexity index is 662. The monoisotopic (exact) mass is 337 g/mol. The van der Waals surface area contributed by atoms with Crippen LogP contribution in [0.15, 0.2) is 29.0 Å². The number of nitrogens with one attached hydrogen (secondary N) is 2. The average molecular weight is 338 g/mol. The number of nitro groups is 1. The van der Waals surface area contributed by atoms with Crippen LogP contribution in [0.5, 0.6) is 0 Å². The number of aryl methyl sites for hydroxylation is 1. The topological polar surface area (TPSA) is 93.0 Å². The van der Waals surface area contributed by atoms with E-state index in [4.69, 9.17) is 0 Å². The first-order valence-electron chi connectivity index (χ1n) is 5.73. The van der Waals surface area contributed by atoms with Gasteiger partial charge in [-0.2, -0.15) is 0 Å². The molecule has 0 atom stereocenters. The highest BCUT2D eigenvalue weighted by Crippen LogP contribution is 2.32. The zero-order chi connectivity index (χ0) is 14.7. The second-order valence-electron chi connectivity index (χ2n) is 4.01. The van der Waals surface area contributed by atoms with Gasteiger partial charge >= 0.3 is 5.69 Å². The van der Waals surface area contributed by atoms with Gasteiger partial charge in [-0.25, -0.2) is 9.97 Å². The van der Waals surface area contributed by atoms with Crippen molar-refractivity contribution >= 4 is 38.9 Å². The third kappa shape index (κ3) is 2.85. The lowest BCUT2D eigenvalue weighted by Crippen LogP contribution is -2.05. The molecular weight excluding hydrogens is 326 g/mol. The first-order chi connectivity index (χ1) is 9.52. The number of rotatable bonds is 4. The second kappa shape index (κ2) is 5.83. The molecule has 0 saturated heterocycles. The van der Waals surface area contributed by atoms with Gasteiger partial charge in [-0.3, -0.25) is 10.1 Å². The second-order valence-corrected chi connectivity index (χ2v) is 4.93. The van der Waals surface area contributed by atoms with Gasteiger partial charge in [0.2, 0.25) is 11.6 Å². The van der Waals surface area contributed by atoms with Gasteiger partial charge in [-0.05, 0) is 24.6 Å². The van der Waals surface area contributed by atoms with E-state index >= 15 is 0 Å². The van der Waals surface area contributed by atoms with E-state index in [0.717, 1.165) is 15.7 Å². The summed E-state index contributed by atoms with van der Waals surface area (Å²) in [5.41, 5.74) is 1.50. The molecule has 0 radical (unpaired) electrons. The van der Waals surface area contributed by atoms with Crippen LogP contribution in [0.25, 0.3) is 0 Å². The molecule has 0 fully saturated rings. The van der Waals surface area contributed by atoms with E-state index in [9.17, 15) is 10.1 Å². The van der Waals surface area contributed by atoms with Gasteiger partial charge in [0.15, 0.2) is 0 Å². The number of anilines is 3. The quantitative estimate of drug-likeness (QED) is 0.657. The molecule has 0 aliphatic carbocycles. The van der Waals surface area contributed by atoms with Crippen molar-refractivity contribution < 1.29 is 4.92 Å². The molecule has 2 N–H and O–H groups in total. The third-order valence-corrected chi connectivity index (χ3v) is 3.19. The minimum Gasteiger partial charge on any atom is -0.367 e. The van der Waals surface area contributed by atoms with Crippen LogP contribution < -0.4 is 10.6 Å². The Kier molecular flexibility index (Phi) is 4.14. The summed E-state index contributed by atoms with van der Waals surface area (Å²) in [6, 6.07) is 5.63. The van der Waals surface area contributed by atoms with E-state index in [0.29, 0.717) is 0 Å². The molecule has 20 heavy (non-hydrogen) atoms. The molecule has 0 spiro atoms. The van der Waals surface area contributed by atoms with Crippen LogP contribution in [0.2, 0.25) is 0 Å². The molecule has 2 aromatic rings. The van der Waals surface area contributed by atoms with Crippen LogP contribution in [0.3, 0.4) is 0 Å². The lowest BCUT2D eigenvalue weighted by Gasteiger charge is -2.10. The van der Waals surface area contributed by atoms with Crippen LogP contribution in [-0.2, 0) is 0 Å². The Morgan fingerprint density at radius 2 is 2.00 bits per heavy atom. The van der Waals surface area contributed by atoms with Crippen molar-refractivity contribution in [1.82, 2.24) is 9.97 Å². The van der Waals surface area contributed by atoms with E-state index in [1.54, 1.807) is 7.05 Å². The van der Waals surface area contributed by atoms with Crippen molar-refractivity contribution in [2.75, 3.05) is 17.7 Å². The predicted octanol–water partition coefficient (Wildman–Crippen LogP) is 3.24. The van der Waals surface area contributed by atoms with Gasteiger partial charge in [0.1, 0.15) is 6.33 Å². The van der Waals surface area contributed by atoms with Crippen LogP contribution in [0, 0.1) is 17.0 Å². The van der Waals surface area contributed by atoms with Crippen molar-refractivity contribution in [2.45, 2.75) is 6.92 Å². The van der Waals surface area contributed by atoms with Crippen LogP contribution in [-0.4, -0.2) is 21.9 Å². The molecule has 1 heterocycles. The fourth-order valence-corrected chi connectivity index (χ4v) is 2.04. The fraction of sp³-hybridized carbons (Fsp3) is 0.167. The summed E-state index contributed by atoms with van der Waals surface area (Å²) in [4.78, 5) is 18.5. The van der Waals surface area contributed by atoms with E-state index in [2.05, 4.69) is 36.5 Å². The molecule has 1 aromatic heterocycles. The molecule has 1 aromatic carbocycles. The van der Waals surface area contributed by atoms with E-state index in [-0.39, 0.29) is 17.3 Å². The van der Waals surface area contributed by atoms with Gasteiger partial charge in [-0.15, -0.1) is 0 Å². The molecule has 0 aliphatic rings. The SMILES string of the molecule is CNc1ncnc(Nc2cc(Br)ccc2C)c1[N+](=O)[O-]. The number of hydrogen-bond donors (Lipinski definition) is 2. The van der Waals surface area contributed by atoms with Crippen molar-refractivity contribution in [1.29, 1.82) is 0 Å². The maximum Gasteiger partial charge on any atom is 0.353 e. The maximum absolute atomic E-state index is 11.2. The fourth-order valence-electron chi connectivity index (χ4n) is 1.68. The van der Waals surface area contributed by atoms with Gasteiger partial charge in [0.25, 0.3) is 0 Å². The van der Waals surface area contributed by atoms with Crippen LogP contribution >= 0.6 is 15.9 Å². The zero-order valence-electron chi connectivity index (χ0n) is 10.8. The molecule has 104 valence electrons. The van der Waals surface area contributed by atoms with Gasteiger partial charge in [-0.1, -0.05) is 22.0 Å². The molecule has 0 amide bonds. The molecule has 8 heteroatoms. The summed E-state index contributed by atoms with van der Waals surface area (Å²) >= 11 is 3.37. The van der Waals surface area contributed by atoms with Gasteiger partial charge < -0.3 is 10.6 Å². The Balaban J connectivity index is 2.48. The highest BCUT2D eigenvalue weighted by atomic mass is 79.9. The van der Waals surface area contributed by atoms with Crippen molar-refractivity contribution in [3.63, 3.8) is 0 Å². The Morgan fingerprint density at radius 3 is 2.65 bits per heavy atom. The van der Waals surface area contributed by atoms with E-state index < -0.39 is 4.92 Å². The smallest absolute Gasteiger partial charge is 0.353 e. The number of halogens is 1. The number of aromatic nitrogens is 2.